The summed E-state index contributed by atoms with van der Waals surface area (Å²) in [6, 6.07) is 8.00. The van der Waals surface area contributed by atoms with Gasteiger partial charge in [-0.1, -0.05) is 23.7 Å². The fourth-order valence-electron chi connectivity index (χ4n) is 1.93. The lowest BCUT2D eigenvalue weighted by Gasteiger charge is -2.05. The van der Waals surface area contributed by atoms with E-state index in [1.165, 1.54) is 11.1 Å². The van der Waals surface area contributed by atoms with E-state index >= 15 is 0 Å². The number of hydrogen-bond donors (Lipinski definition) is 2. The largest absolute Gasteiger partial charge is 0.312 e. The highest BCUT2D eigenvalue weighted by Gasteiger charge is 2.04. The molecule has 0 unspecified atom stereocenters. The zero-order chi connectivity index (χ0) is 13.0. The topological polar surface area (TPSA) is 40.7 Å². The van der Waals surface area contributed by atoms with Gasteiger partial charge >= 0.3 is 0 Å². The third-order valence-electron chi connectivity index (χ3n) is 3.09. The van der Waals surface area contributed by atoms with Crippen molar-refractivity contribution in [3.8, 4) is 0 Å². The summed E-state index contributed by atoms with van der Waals surface area (Å²) in [5.41, 5.74) is 4.79. The fourth-order valence-corrected chi connectivity index (χ4v) is 2.06. The van der Waals surface area contributed by atoms with Gasteiger partial charge in [0.1, 0.15) is 0 Å². The van der Waals surface area contributed by atoms with Crippen molar-refractivity contribution >= 4 is 11.6 Å². The molecule has 1 heterocycles. The first kappa shape index (κ1) is 13.1. The molecule has 0 aliphatic carbocycles. The van der Waals surface area contributed by atoms with Crippen LogP contribution in [0.1, 0.15) is 22.5 Å². The Morgan fingerprint density at radius 3 is 2.56 bits per heavy atom. The quantitative estimate of drug-likeness (QED) is 0.814. The number of hydrogen-bond acceptors (Lipinski definition) is 2. The number of H-pyrrole nitrogens is 1. The van der Waals surface area contributed by atoms with E-state index in [0.717, 1.165) is 35.9 Å². The molecule has 1 aromatic heterocycles. The number of aryl methyl sites for hydroxylation is 2. The number of nitrogens with one attached hydrogen (secondary N) is 2. The van der Waals surface area contributed by atoms with E-state index in [1.54, 1.807) is 0 Å². The molecule has 0 amide bonds. The van der Waals surface area contributed by atoms with Crippen LogP contribution in [0, 0.1) is 13.8 Å². The molecule has 0 bridgehead atoms. The molecule has 0 aliphatic rings. The Kier molecular flexibility index (Phi) is 4.39. The molecule has 0 atom stereocenters. The summed E-state index contributed by atoms with van der Waals surface area (Å²) in [5, 5.41) is 11.4. The van der Waals surface area contributed by atoms with Crippen molar-refractivity contribution in [2.45, 2.75) is 26.8 Å². The molecule has 4 heteroatoms. The molecule has 18 heavy (non-hydrogen) atoms. The summed E-state index contributed by atoms with van der Waals surface area (Å²) >= 11 is 5.85. The first-order valence-corrected chi connectivity index (χ1v) is 6.50. The zero-order valence-corrected chi connectivity index (χ0v) is 11.5. The smallest absolute Gasteiger partial charge is 0.0638 e. The van der Waals surface area contributed by atoms with Crippen molar-refractivity contribution in [2.24, 2.45) is 0 Å². The minimum Gasteiger partial charge on any atom is -0.312 e. The van der Waals surface area contributed by atoms with Crippen LogP contribution >= 0.6 is 11.6 Å². The van der Waals surface area contributed by atoms with Crippen LogP contribution in [-0.2, 0) is 13.0 Å². The van der Waals surface area contributed by atoms with E-state index in [4.69, 9.17) is 11.6 Å². The second-order valence-corrected chi connectivity index (χ2v) is 4.90. The minimum atomic E-state index is 0.788. The molecule has 3 nitrogen and oxygen atoms in total. The highest BCUT2D eigenvalue weighted by atomic mass is 35.5. The Morgan fingerprint density at radius 1 is 1.22 bits per heavy atom. The van der Waals surface area contributed by atoms with Crippen LogP contribution in [0.3, 0.4) is 0 Å². The predicted molar refractivity (Wildman–Crippen MR) is 74.9 cm³/mol. The van der Waals surface area contributed by atoms with Gasteiger partial charge in [-0.2, -0.15) is 5.10 Å². The molecular formula is C14H18ClN3. The fraction of sp³-hybridized carbons (Fsp3) is 0.357. The minimum absolute atomic E-state index is 0.788. The number of rotatable bonds is 5. The lowest BCUT2D eigenvalue weighted by atomic mass is 10.1. The molecular weight excluding hydrogens is 246 g/mol. The van der Waals surface area contributed by atoms with Gasteiger partial charge in [0.25, 0.3) is 0 Å². The summed E-state index contributed by atoms with van der Waals surface area (Å²) in [6.45, 7) is 5.89. The van der Waals surface area contributed by atoms with Gasteiger partial charge in [0.05, 0.1) is 5.69 Å². The maximum Gasteiger partial charge on any atom is 0.0638 e. The molecule has 0 saturated carbocycles. The summed E-state index contributed by atoms with van der Waals surface area (Å²) in [4.78, 5) is 0. The SMILES string of the molecule is Cc1n[nH]c(C)c1CNCCc1ccc(Cl)cc1. The Balaban J connectivity index is 1.78. The van der Waals surface area contributed by atoms with Crippen molar-refractivity contribution in [3.63, 3.8) is 0 Å². The molecule has 0 fully saturated rings. The first-order valence-electron chi connectivity index (χ1n) is 6.12. The average Bonchev–Trinajstić information content (AvgIpc) is 2.68. The highest BCUT2D eigenvalue weighted by Crippen LogP contribution is 2.10. The number of aromatic amines is 1. The van der Waals surface area contributed by atoms with Crippen LogP contribution < -0.4 is 5.32 Å². The number of halogens is 1. The van der Waals surface area contributed by atoms with Gasteiger partial charge in [0, 0.05) is 22.8 Å². The monoisotopic (exact) mass is 263 g/mol. The maximum absolute atomic E-state index is 5.85. The van der Waals surface area contributed by atoms with Crippen LogP contribution in [-0.4, -0.2) is 16.7 Å². The summed E-state index contributed by atoms with van der Waals surface area (Å²) in [7, 11) is 0. The Labute approximate surface area is 113 Å². The third-order valence-corrected chi connectivity index (χ3v) is 3.34. The average molecular weight is 264 g/mol. The van der Waals surface area contributed by atoms with Crippen LogP contribution in [0.4, 0.5) is 0 Å². The summed E-state index contributed by atoms with van der Waals surface area (Å²) in [6.07, 6.45) is 1.01. The van der Waals surface area contributed by atoms with Gasteiger partial charge in [-0.15, -0.1) is 0 Å². The van der Waals surface area contributed by atoms with E-state index in [-0.39, 0.29) is 0 Å². The highest BCUT2D eigenvalue weighted by molar-refractivity contribution is 6.30. The molecule has 96 valence electrons. The van der Waals surface area contributed by atoms with E-state index < -0.39 is 0 Å². The van der Waals surface area contributed by atoms with Crippen LogP contribution in [0.5, 0.6) is 0 Å². The van der Waals surface area contributed by atoms with Crippen molar-refractivity contribution in [2.75, 3.05) is 6.54 Å². The van der Waals surface area contributed by atoms with Crippen LogP contribution in [0.15, 0.2) is 24.3 Å². The van der Waals surface area contributed by atoms with Crippen molar-refractivity contribution in [1.29, 1.82) is 0 Å². The Hall–Kier alpha value is -1.32. The van der Waals surface area contributed by atoms with Gasteiger partial charge in [-0.05, 0) is 44.5 Å². The van der Waals surface area contributed by atoms with Gasteiger partial charge < -0.3 is 5.32 Å². The normalized spacial score (nSPS) is 10.8. The van der Waals surface area contributed by atoms with Gasteiger partial charge in [0.15, 0.2) is 0 Å². The van der Waals surface area contributed by atoms with E-state index in [9.17, 15) is 0 Å². The Bertz CT molecular complexity index is 483. The number of nitrogens with zero attached hydrogens (tertiary/aromatic N) is 1. The number of benzene rings is 1. The molecule has 0 spiro atoms. The molecule has 1 aromatic carbocycles. The Morgan fingerprint density at radius 2 is 1.94 bits per heavy atom. The van der Waals surface area contributed by atoms with Crippen molar-refractivity contribution in [1.82, 2.24) is 15.5 Å². The molecule has 2 rings (SSSR count). The van der Waals surface area contributed by atoms with E-state index in [1.807, 2.05) is 19.1 Å². The van der Waals surface area contributed by atoms with Gasteiger partial charge in [0.2, 0.25) is 0 Å². The van der Waals surface area contributed by atoms with Crippen molar-refractivity contribution in [3.05, 3.63) is 51.8 Å². The van der Waals surface area contributed by atoms with Gasteiger partial charge in [-0.3, -0.25) is 5.10 Å². The number of aromatic nitrogens is 2. The predicted octanol–water partition coefficient (Wildman–Crippen LogP) is 3.01. The van der Waals surface area contributed by atoms with Crippen molar-refractivity contribution < 1.29 is 0 Å². The molecule has 2 aromatic rings. The first-order chi connectivity index (χ1) is 8.66. The molecule has 0 radical (unpaired) electrons. The summed E-state index contributed by atoms with van der Waals surface area (Å²) in [5.74, 6) is 0. The van der Waals surface area contributed by atoms with E-state index in [0.29, 0.717) is 0 Å². The zero-order valence-electron chi connectivity index (χ0n) is 10.8. The van der Waals surface area contributed by atoms with Crippen LogP contribution in [0.25, 0.3) is 0 Å². The summed E-state index contributed by atoms with van der Waals surface area (Å²) < 4.78 is 0. The second-order valence-electron chi connectivity index (χ2n) is 4.47. The lowest BCUT2D eigenvalue weighted by Crippen LogP contribution is -2.17. The third kappa shape index (κ3) is 3.34. The molecule has 0 aliphatic heterocycles. The second kappa shape index (κ2) is 6.03. The van der Waals surface area contributed by atoms with Gasteiger partial charge in [-0.25, -0.2) is 0 Å². The lowest BCUT2D eigenvalue weighted by molar-refractivity contribution is 0.682. The van der Waals surface area contributed by atoms with E-state index in [2.05, 4.69) is 34.6 Å². The molecule has 0 saturated heterocycles. The molecule has 2 N–H and O–H groups in total. The standard InChI is InChI=1S/C14H18ClN3/c1-10-14(11(2)18-17-10)9-16-8-7-12-3-5-13(15)6-4-12/h3-6,16H,7-9H2,1-2H3,(H,17,18). The van der Waals surface area contributed by atoms with Crippen LogP contribution in [0.2, 0.25) is 5.02 Å². The maximum atomic E-state index is 5.85.